The number of fused-ring (bicyclic) bond motifs is 1. The zero-order chi connectivity index (χ0) is 13.8. The molecule has 1 saturated heterocycles. The molecule has 0 aliphatic carbocycles. The molecule has 1 aliphatic rings. The number of carbonyl (C=O) groups is 1. The predicted molar refractivity (Wildman–Crippen MR) is 78.4 cm³/mol. The summed E-state index contributed by atoms with van der Waals surface area (Å²) in [5, 5.41) is 3.32. The topological polar surface area (TPSA) is 50.2 Å². The van der Waals surface area contributed by atoms with E-state index in [-0.39, 0.29) is 5.91 Å². The van der Waals surface area contributed by atoms with Gasteiger partial charge in [-0.2, -0.15) is 0 Å². The summed E-state index contributed by atoms with van der Waals surface area (Å²) in [5.41, 5.74) is 2.08. The summed E-state index contributed by atoms with van der Waals surface area (Å²) in [6.07, 6.45) is 3.40. The first-order valence-electron chi connectivity index (χ1n) is 7.23. The van der Waals surface area contributed by atoms with Gasteiger partial charge in [0, 0.05) is 32.6 Å². The summed E-state index contributed by atoms with van der Waals surface area (Å²) in [6, 6.07) is 8.02. The molecule has 106 valence electrons. The van der Waals surface area contributed by atoms with Crippen LogP contribution in [0.2, 0.25) is 0 Å². The summed E-state index contributed by atoms with van der Waals surface area (Å²) < 4.78 is 2.06. The molecule has 5 nitrogen and oxygen atoms in total. The molecule has 5 heteroatoms. The third kappa shape index (κ3) is 2.82. The Bertz CT molecular complexity index is 584. The van der Waals surface area contributed by atoms with E-state index in [2.05, 4.69) is 14.9 Å². The number of aryl methyl sites for hydroxylation is 1. The van der Waals surface area contributed by atoms with E-state index in [1.807, 2.05) is 35.5 Å². The first-order chi connectivity index (χ1) is 9.84. The van der Waals surface area contributed by atoms with Crippen LogP contribution in [0.15, 0.2) is 30.6 Å². The van der Waals surface area contributed by atoms with Gasteiger partial charge in [0.05, 0.1) is 17.4 Å². The highest BCUT2D eigenvalue weighted by Gasteiger charge is 2.15. The van der Waals surface area contributed by atoms with Crippen LogP contribution in [0.3, 0.4) is 0 Å². The molecular formula is C15H20N4O. The number of aromatic nitrogens is 2. The molecule has 1 aromatic heterocycles. The lowest BCUT2D eigenvalue weighted by molar-refractivity contribution is -0.131. The molecule has 0 spiro atoms. The second kappa shape index (κ2) is 6.05. The standard InChI is InChI=1S/C15H20N4O/c20-15(18-9-3-7-16-8-11-18)6-10-19-12-17-13-4-1-2-5-14(13)19/h1-2,4-5,12,16H,3,6-11H2. The van der Waals surface area contributed by atoms with E-state index in [0.29, 0.717) is 13.0 Å². The summed E-state index contributed by atoms with van der Waals surface area (Å²) >= 11 is 0. The number of amides is 1. The van der Waals surface area contributed by atoms with Crippen LogP contribution in [0, 0.1) is 0 Å². The van der Waals surface area contributed by atoms with Crippen molar-refractivity contribution < 1.29 is 4.79 Å². The van der Waals surface area contributed by atoms with Crippen LogP contribution in [0.5, 0.6) is 0 Å². The molecular weight excluding hydrogens is 252 g/mol. The first kappa shape index (κ1) is 13.1. The van der Waals surface area contributed by atoms with Gasteiger partial charge in [-0.1, -0.05) is 12.1 Å². The zero-order valence-corrected chi connectivity index (χ0v) is 11.6. The van der Waals surface area contributed by atoms with Gasteiger partial charge < -0.3 is 14.8 Å². The lowest BCUT2D eigenvalue weighted by Crippen LogP contribution is -2.34. The zero-order valence-electron chi connectivity index (χ0n) is 11.6. The van der Waals surface area contributed by atoms with Gasteiger partial charge in [-0.15, -0.1) is 0 Å². The fourth-order valence-corrected chi connectivity index (χ4v) is 2.66. The highest BCUT2D eigenvalue weighted by molar-refractivity contribution is 5.77. The summed E-state index contributed by atoms with van der Waals surface area (Å²) in [6.45, 7) is 4.30. The van der Waals surface area contributed by atoms with Crippen molar-refractivity contribution in [1.29, 1.82) is 0 Å². The molecule has 0 unspecified atom stereocenters. The molecule has 0 radical (unpaired) electrons. The normalized spacial score (nSPS) is 16.3. The van der Waals surface area contributed by atoms with Gasteiger partial charge in [0.25, 0.3) is 0 Å². The SMILES string of the molecule is O=C(CCn1cnc2ccccc21)N1CCCNCC1. The van der Waals surface area contributed by atoms with Crippen LogP contribution >= 0.6 is 0 Å². The van der Waals surface area contributed by atoms with Gasteiger partial charge >= 0.3 is 0 Å². The summed E-state index contributed by atoms with van der Waals surface area (Å²) in [7, 11) is 0. The average molecular weight is 272 g/mol. The average Bonchev–Trinajstić information content (AvgIpc) is 2.70. The van der Waals surface area contributed by atoms with Crippen molar-refractivity contribution in [1.82, 2.24) is 19.8 Å². The number of imidazole rings is 1. The third-order valence-corrected chi connectivity index (χ3v) is 3.79. The summed E-state index contributed by atoms with van der Waals surface area (Å²) in [4.78, 5) is 18.6. The lowest BCUT2D eigenvalue weighted by atomic mass is 10.3. The fraction of sp³-hybridized carbons (Fsp3) is 0.467. The molecule has 1 amide bonds. The van der Waals surface area contributed by atoms with Gasteiger partial charge in [-0.3, -0.25) is 4.79 Å². The molecule has 0 saturated carbocycles. The third-order valence-electron chi connectivity index (χ3n) is 3.79. The minimum atomic E-state index is 0.242. The fourth-order valence-electron chi connectivity index (χ4n) is 2.66. The summed E-state index contributed by atoms with van der Waals surface area (Å²) in [5.74, 6) is 0.242. The number of nitrogens with one attached hydrogen (secondary N) is 1. The van der Waals surface area contributed by atoms with Gasteiger partial charge in [0.1, 0.15) is 0 Å². The Kier molecular flexibility index (Phi) is 3.97. The molecule has 1 N–H and O–H groups in total. The Morgan fingerprint density at radius 3 is 3.10 bits per heavy atom. The van der Waals surface area contributed by atoms with E-state index in [1.54, 1.807) is 0 Å². The van der Waals surface area contributed by atoms with Crippen molar-refractivity contribution in [2.24, 2.45) is 0 Å². The molecule has 20 heavy (non-hydrogen) atoms. The second-order valence-electron chi connectivity index (χ2n) is 5.16. The maximum Gasteiger partial charge on any atom is 0.224 e. The number of hydrogen-bond acceptors (Lipinski definition) is 3. The van der Waals surface area contributed by atoms with E-state index in [4.69, 9.17) is 0 Å². The molecule has 1 aromatic carbocycles. The monoisotopic (exact) mass is 272 g/mol. The quantitative estimate of drug-likeness (QED) is 0.915. The molecule has 0 atom stereocenters. The van der Waals surface area contributed by atoms with Crippen LogP contribution in [0.1, 0.15) is 12.8 Å². The molecule has 2 aromatic rings. The van der Waals surface area contributed by atoms with Crippen molar-refractivity contribution in [2.45, 2.75) is 19.4 Å². The van der Waals surface area contributed by atoms with E-state index in [1.165, 1.54) is 0 Å². The maximum atomic E-state index is 12.2. The second-order valence-corrected chi connectivity index (χ2v) is 5.16. The van der Waals surface area contributed by atoms with E-state index < -0.39 is 0 Å². The Labute approximate surface area is 118 Å². The molecule has 0 bridgehead atoms. The smallest absolute Gasteiger partial charge is 0.224 e. The minimum absolute atomic E-state index is 0.242. The van der Waals surface area contributed by atoms with Crippen LogP contribution < -0.4 is 5.32 Å². The van der Waals surface area contributed by atoms with Gasteiger partial charge in [0.15, 0.2) is 0 Å². The number of benzene rings is 1. The number of hydrogen-bond donors (Lipinski definition) is 1. The largest absolute Gasteiger partial charge is 0.341 e. The van der Waals surface area contributed by atoms with Crippen molar-refractivity contribution in [3.63, 3.8) is 0 Å². The minimum Gasteiger partial charge on any atom is -0.341 e. The number of nitrogens with zero attached hydrogens (tertiary/aromatic N) is 3. The van der Waals surface area contributed by atoms with Crippen molar-refractivity contribution in [3.8, 4) is 0 Å². The Hall–Kier alpha value is -1.88. The van der Waals surface area contributed by atoms with Crippen LogP contribution in [0.25, 0.3) is 11.0 Å². The van der Waals surface area contributed by atoms with Crippen LogP contribution in [0.4, 0.5) is 0 Å². The Morgan fingerprint density at radius 2 is 2.15 bits per heavy atom. The van der Waals surface area contributed by atoms with Crippen molar-refractivity contribution in [2.75, 3.05) is 26.2 Å². The van der Waals surface area contributed by atoms with E-state index in [0.717, 1.165) is 43.6 Å². The van der Waals surface area contributed by atoms with Crippen LogP contribution in [-0.2, 0) is 11.3 Å². The number of rotatable bonds is 3. The number of carbonyl (C=O) groups excluding carboxylic acids is 1. The van der Waals surface area contributed by atoms with Crippen molar-refractivity contribution in [3.05, 3.63) is 30.6 Å². The molecule has 3 rings (SSSR count). The molecule has 2 heterocycles. The first-order valence-corrected chi connectivity index (χ1v) is 7.23. The lowest BCUT2D eigenvalue weighted by Gasteiger charge is -2.20. The Morgan fingerprint density at radius 1 is 1.25 bits per heavy atom. The highest BCUT2D eigenvalue weighted by atomic mass is 16.2. The molecule has 1 fully saturated rings. The maximum absolute atomic E-state index is 12.2. The predicted octanol–water partition coefficient (Wildman–Crippen LogP) is 1.25. The van der Waals surface area contributed by atoms with Gasteiger partial charge in [-0.25, -0.2) is 4.98 Å². The van der Waals surface area contributed by atoms with E-state index >= 15 is 0 Å². The molecule has 1 aliphatic heterocycles. The number of para-hydroxylation sites is 2. The highest BCUT2D eigenvalue weighted by Crippen LogP contribution is 2.12. The van der Waals surface area contributed by atoms with E-state index in [9.17, 15) is 4.79 Å². The Balaban J connectivity index is 1.62. The van der Waals surface area contributed by atoms with Gasteiger partial charge in [-0.05, 0) is 25.1 Å². The van der Waals surface area contributed by atoms with Crippen molar-refractivity contribution >= 4 is 16.9 Å². The van der Waals surface area contributed by atoms with Gasteiger partial charge in [0.2, 0.25) is 5.91 Å². The van der Waals surface area contributed by atoms with Crippen LogP contribution in [-0.4, -0.2) is 46.5 Å².